The molecule has 0 aromatic heterocycles. The fourth-order valence-electron chi connectivity index (χ4n) is 3.60. The summed E-state index contributed by atoms with van der Waals surface area (Å²) in [5.41, 5.74) is 1.19. The number of hydrogen-bond donors (Lipinski definition) is 1. The van der Waals surface area contributed by atoms with Crippen LogP contribution in [0.4, 0.5) is 0 Å². The van der Waals surface area contributed by atoms with Gasteiger partial charge in [-0.05, 0) is 57.1 Å². The number of hydrogen-bond acceptors (Lipinski definition) is 2. The van der Waals surface area contributed by atoms with Crippen molar-refractivity contribution in [3.63, 3.8) is 0 Å². The Labute approximate surface area is 120 Å². The van der Waals surface area contributed by atoms with Gasteiger partial charge in [0.15, 0.2) is 6.10 Å². The number of amides is 1. The molecule has 2 fully saturated rings. The van der Waals surface area contributed by atoms with Crippen molar-refractivity contribution in [2.75, 3.05) is 0 Å². The van der Waals surface area contributed by atoms with Crippen LogP contribution in [-0.2, 0) is 4.79 Å². The molecule has 2 bridgehead atoms. The first-order valence-electron chi connectivity index (χ1n) is 7.65. The van der Waals surface area contributed by atoms with Gasteiger partial charge in [-0.25, -0.2) is 0 Å². The lowest BCUT2D eigenvalue weighted by molar-refractivity contribution is -0.128. The van der Waals surface area contributed by atoms with Gasteiger partial charge in [0.1, 0.15) is 5.75 Å². The molecule has 4 unspecified atom stereocenters. The van der Waals surface area contributed by atoms with Crippen molar-refractivity contribution in [3.8, 4) is 5.75 Å². The van der Waals surface area contributed by atoms with E-state index in [1.165, 1.54) is 24.8 Å². The maximum absolute atomic E-state index is 12.2. The van der Waals surface area contributed by atoms with Crippen LogP contribution in [0.2, 0.25) is 0 Å². The lowest BCUT2D eigenvalue weighted by atomic mass is 9.95. The Hall–Kier alpha value is -1.51. The Balaban J connectivity index is 1.53. The van der Waals surface area contributed by atoms with E-state index in [1.807, 2.05) is 38.1 Å². The molecule has 0 spiro atoms. The fraction of sp³-hybridized carbons (Fsp3) is 0.588. The van der Waals surface area contributed by atoms with Gasteiger partial charge in [0, 0.05) is 6.04 Å². The second-order valence-electron chi connectivity index (χ2n) is 6.36. The number of carbonyl (C=O) groups excluding carboxylic acids is 1. The third-order valence-electron chi connectivity index (χ3n) is 4.77. The Morgan fingerprint density at radius 1 is 1.25 bits per heavy atom. The first kappa shape index (κ1) is 13.5. The van der Waals surface area contributed by atoms with E-state index in [2.05, 4.69) is 5.32 Å². The zero-order valence-electron chi connectivity index (χ0n) is 12.3. The van der Waals surface area contributed by atoms with Crippen LogP contribution < -0.4 is 10.1 Å². The van der Waals surface area contributed by atoms with Crippen LogP contribution in [0.1, 0.15) is 38.2 Å². The fourth-order valence-corrected chi connectivity index (χ4v) is 3.60. The van der Waals surface area contributed by atoms with E-state index < -0.39 is 6.10 Å². The van der Waals surface area contributed by atoms with Gasteiger partial charge in [-0.1, -0.05) is 24.1 Å². The van der Waals surface area contributed by atoms with E-state index in [0.29, 0.717) is 12.0 Å². The summed E-state index contributed by atoms with van der Waals surface area (Å²) in [6.45, 7) is 3.86. The topological polar surface area (TPSA) is 38.3 Å². The first-order chi connectivity index (χ1) is 9.61. The molecule has 0 aliphatic heterocycles. The monoisotopic (exact) mass is 273 g/mol. The van der Waals surface area contributed by atoms with Crippen molar-refractivity contribution in [3.05, 3.63) is 29.8 Å². The van der Waals surface area contributed by atoms with Gasteiger partial charge < -0.3 is 10.1 Å². The highest BCUT2D eigenvalue weighted by Crippen LogP contribution is 2.44. The molecule has 1 amide bonds. The van der Waals surface area contributed by atoms with E-state index in [-0.39, 0.29) is 5.91 Å². The highest BCUT2D eigenvalue weighted by atomic mass is 16.5. The second-order valence-corrected chi connectivity index (χ2v) is 6.36. The Kier molecular flexibility index (Phi) is 3.68. The number of ether oxygens (including phenoxy) is 1. The third-order valence-corrected chi connectivity index (χ3v) is 4.77. The zero-order valence-corrected chi connectivity index (χ0v) is 12.3. The molecule has 0 radical (unpaired) electrons. The van der Waals surface area contributed by atoms with Gasteiger partial charge in [0.25, 0.3) is 5.91 Å². The maximum Gasteiger partial charge on any atom is 0.261 e. The minimum Gasteiger partial charge on any atom is -0.481 e. The number of benzene rings is 1. The number of rotatable bonds is 4. The average molecular weight is 273 g/mol. The smallest absolute Gasteiger partial charge is 0.261 e. The molecule has 3 nitrogen and oxygen atoms in total. The molecule has 2 aliphatic carbocycles. The van der Waals surface area contributed by atoms with E-state index >= 15 is 0 Å². The summed E-state index contributed by atoms with van der Waals surface area (Å²) in [5, 5.41) is 3.18. The van der Waals surface area contributed by atoms with E-state index in [0.717, 1.165) is 18.1 Å². The van der Waals surface area contributed by atoms with Gasteiger partial charge in [-0.3, -0.25) is 4.79 Å². The molecule has 3 rings (SSSR count). The lowest BCUT2D eigenvalue weighted by Crippen LogP contribution is -2.44. The largest absolute Gasteiger partial charge is 0.481 e. The van der Waals surface area contributed by atoms with Crippen LogP contribution in [-0.4, -0.2) is 18.1 Å². The summed E-state index contributed by atoms with van der Waals surface area (Å²) in [6, 6.07) is 8.20. The predicted octanol–water partition coefficient (Wildman–Crippen LogP) is 3.07. The van der Waals surface area contributed by atoms with Crippen LogP contribution in [0, 0.1) is 18.8 Å². The summed E-state index contributed by atoms with van der Waals surface area (Å²) >= 11 is 0. The van der Waals surface area contributed by atoms with Crippen molar-refractivity contribution in [2.45, 2.75) is 51.7 Å². The molecule has 108 valence electrons. The molecular formula is C17H23NO2. The highest BCUT2D eigenvalue weighted by molar-refractivity contribution is 5.81. The summed E-state index contributed by atoms with van der Waals surface area (Å²) in [4.78, 5) is 12.2. The average Bonchev–Trinajstić information content (AvgIpc) is 3.03. The molecule has 3 heteroatoms. The van der Waals surface area contributed by atoms with Gasteiger partial charge in [-0.2, -0.15) is 0 Å². The van der Waals surface area contributed by atoms with Crippen LogP contribution in [0.3, 0.4) is 0 Å². The van der Waals surface area contributed by atoms with E-state index in [1.54, 1.807) is 0 Å². The predicted molar refractivity (Wildman–Crippen MR) is 78.6 cm³/mol. The number of nitrogens with one attached hydrogen (secondary N) is 1. The first-order valence-corrected chi connectivity index (χ1v) is 7.65. The van der Waals surface area contributed by atoms with Crippen LogP contribution in [0.15, 0.2) is 24.3 Å². The van der Waals surface area contributed by atoms with Crippen LogP contribution in [0.25, 0.3) is 0 Å². The molecule has 1 N–H and O–H groups in total. The SMILES string of the molecule is Cc1ccc(OC(C)C(=O)NC2CC3CCC2C3)cc1. The molecule has 4 atom stereocenters. The molecule has 1 aromatic rings. The Bertz CT molecular complexity index is 482. The highest BCUT2D eigenvalue weighted by Gasteiger charge is 2.40. The van der Waals surface area contributed by atoms with Gasteiger partial charge in [0.05, 0.1) is 0 Å². The van der Waals surface area contributed by atoms with Crippen molar-refractivity contribution in [1.29, 1.82) is 0 Å². The summed E-state index contributed by atoms with van der Waals surface area (Å²) in [6.07, 6.45) is 4.66. The summed E-state index contributed by atoms with van der Waals surface area (Å²) in [7, 11) is 0. The Morgan fingerprint density at radius 2 is 2.00 bits per heavy atom. The Morgan fingerprint density at radius 3 is 2.60 bits per heavy atom. The number of carbonyl (C=O) groups is 1. The number of aryl methyl sites for hydroxylation is 1. The molecule has 1 aromatic carbocycles. The van der Waals surface area contributed by atoms with Crippen LogP contribution >= 0.6 is 0 Å². The standard InChI is InChI=1S/C17H23NO2/c1-11-3-7-15(8-4-11)20-12(2)17(19)18-16-10-13-5-6-14(16)9-13/h3-4,7-8,12-14,16H,5-6,9-10H2,1-2H3,(H,18,19). The van der Waals surface area contributed by atoms with Crippen molar-refractivity contribution in [1.82, 2.24) is 5.32 Å². The van der Waals surface area contributed by atoms with Gasteiger partial charge in [-0.15, -0.1) is 0 Å². The van der Waals surface area contributed by atoms with Crippen molar-refractivity contribution < 1.29 is 9.53 Å². The molecule has 0 heterocycles. The molecule has 2 saturated carbocycles. The van der Waals surface area contributed by atoms with Gasteiger partial charge in [0.2, 0.25) is 0 Å². The molecule has 0 saturated heterocycles. The molecular weight excluding hydrogens is 250 g/mol. The second kappa shape index (κ2) is 5.47. The lowest BCUT2D eigenvalue weighted by Gasteiger charge is -2.24. The molecule has 2 aliphatic rings. The normalized spacial score (nSPS) is 29.2. The minimum absolute atomic E-state index is 0.0168. The third kappa shape index (κ3) is 2.82. The summed E-state index contributed by atoms with van der Waals surface area (Å²) < 4.78 is 5.71. The van der Waals surface area contributed by atoms with E-state index in [4.69, 9.17) is 4.74 Å². The van der Waals surface area contributed by atoms with Crippen molar-refractivity contribution in [2.24, 2.45) is 11.8 Å². The number of fused-ring (bicyclic) bond motifs is 2. The van der Waals surface area contributed by atoms with Gasteiger partial charge >= 0.3 is 0 Å². The minimum atomic E-state index is -0.433. The quantitative estimate of drug-likeness (QED) is 0.915. The maximum atomic E-state index is 12.2. The van der Waals surface area contributed by atoms with Crippen LogP contribution in [0.5, 0.6) is 5.75 Å². The van der Waals surface area contributed by atoms with E-state index in [9.17, 15) is 4.79 Å². The molecule has 20 heavy (non-hydrogen) atoms. The van der Waals surface area contributed by atoms with Crippen molar-refractivity contribution >= 4 is 5.91 Å². The zero-order chi connectivity index (χ0) is 14.1. The summed E-state index contributed by atoms with van der Waals surface area (Å²) in [5.74, 6) is 2.32.